The van der Waals surface area contributed by atoms with E-state index in [1.54, 1.807) is 0 Å². The second-order valence-electron chi connectivity index (χ2n) is 4.97. The SMILES string of the molecule is CCCCCCCCCCCCOC(C)=O.OCCO.[KH]. The van der Waals surface area contributed by atoms with Gasteiger partial charge in [-0.25, -0.2) is 0 Å². The van der Waals surface area contributed by atoms with E-state index in [0.29, 0.717) is 6.61 Å². The van der Waals surface area contributed by atoms with Crippen LogP contribution in [0.1, 0.15) is 78.1 Å². The van der Waals surface area contributed by atoms with Crippen LogP contribution in [-0.4, -0.2) is 87.4 Å². The van der Waals surface area contributed by atoms with Crippen LogP contribution < -0.4 is 0 Å². The quantitative estimate of drug-likeness (QED) is 0.328. The van der Waals surface area contributed by atoms with Crippen LogP contribution in [0.2, 0.25) is 0 Å². The summed E-state index contributed by atoms with van der Waals surface area (Å²) in [6.45, 7) is 4.07. The predicted octanol–water partition coefficient (Wildman–Crippen LogP) is 2.79. The molecule has 0 fully saturated rings. The molecule has 0 aromatic heterocycles. The van der Waals surface area contributed by atoms with Gasteiger partial charge in [-0.2, -0.15) is 0 Å². The minimum atomic E-state index is -0.157. The van der Waals surface area contributed by atoms with E-state index in [1.807, 2.05) is 0 Å². The monoisotopic (exact) mass is 330 g/mol. The van der Waals surface area contributed by atoms with Crippen LogP contribution in [0.15, 0.2) is 0 Å². The van der Waals surface area contributed by atoms with Crippen LogP contribution in [0.4, 0.5) is 0 Å². The van der Waals surface area contributed by atoms with Gasteiger partial charge in [0.05, 0.1) is 19.8 Å². The molecule has 5 heteroatoms. The molecule has 0 aliphatic heterocycles. The van der Waals surface area contributed by atoms with Crippen LogP contribution in [-0.2, 0) is 9.53 Å². The Labute approximate surface area is 173 Å². The van der Waals surface area contributed by atoms with E-state index in [-0.39, 0.29) is 70.6 Å². The molecule has 0 unspecified atom stereocenters. The van der Waals surface area contributed by atoms with Gasteiger partial charge >= 0.3 is 57.4 Å². The summed E-state index contributed by atoms with van der Waals surface area (Å²) in [6.07, 6.45) is 13.1. The van der Waals surface area contributed by atoms with Crippen molar-refractivity contribution in [2.24, 2.45) is 0 Å². The minimum absolute atomic E-state index is 0. The first kappa shape index (κ1) is 26.9. The Morgan fingerprint density at radius 1 is 0.810 bits per heavy atom. The number of aliphatic hydroxyl groups is 2. The molecule has 0 saturated carbocycles. The molecule has 0 aliphatic carbocycles. The van der Waals surface area contributed by atoms with E-state index >= 15 is 0 Å². The van der Waals surface area contributed by atoms with Crippen molar-refractivity contribution in [1.29, 1.82) is 0 Å². The molecule has 0 heterocycles. The van der Waals surface area contributed by atoms with E-state index in [1.165, 1.54) is 64.7 Å². The topological polar surface area (TPSA) is 66.8 Å². The summed E-state index contributed by atoms with van der Waals surface area (Å²) in [5.41, 5.74) is 0. The van der Waals surface area contributed by atoms with Crippen molar-refractivity contribution in [3.8, 4) is 0 Å². The van der Waals surface area contributed by atoms with Crippen molar-refractivity contribution in [1.82, 2.24) is 0 Å². The Kier molecular flexibility index (Phi) is 33.2. The van der Waals surface area contributed by atoms with Crippen molar-refractivity contribution in [2.75, 3.05) is 19.8 Å². The fourth-order valence-corrected chi connectivity index (χ4v) is 1.81. The van der Waals surface area contributed by atoms with Crippen molar-refractivity contribution in [3.05, 3.63) is 0 Å². The standard InChI is InChI=1S/C14H28O2.C2H6O2.K.H/c1-3-4-5-6-7-8-9-10-11-12-13-16-14(2)15;3-1-2-4;;/h3-13H2,1-2H3;3-4H,1-2H2;;. The molecular weight excluding hydrogens is 295 g/mol. The summed E-state index contributed by atoms with van der Waals surface area (Å²) in [6, 6.07) is 0. The molecule has 0 rings (SSSR count). The third-order valence-electron chi connectivity index (χ3n) is 2.90. The van der Waals surface area contributed by atoms with Gasteiger partial charge in [-0.1, -0.05) is 64.7 Å². The van der Waals surface area contributed by atoms with Gasteiger partial charge in [-0.15, -0.1) is 0 Å². The van der Waals surface area contributed by atoms with E-state index in [9.17, 15) is 4.79 Å². The zero-order valence-electron chi connectivity index (χ0n) is 13.4. The summed E-state index contributed by atoms with van der Waals surface area (Å²) in [5.74, 6) is -0.157. The number of unbranched alkanes of at least 4 members (excludes halogenated alkanes) is 9. The molecule has 0 radical (unpaired) electrons. The molecule has 0 aromatic carbocycles. The van der Waals surface area contributed by atoms with Gasteiger partial charge in [0.1, 0.15) is 0 Å². The number of rotatable bonds is 12. The molecule has 0 saturated heterocycles. The second-order valence-corrected chi connectivity index (χ2v) is 4.97. The molecule has 21 heavy (non-hydrogen) atoms. The number of hydrogen-bond donors (Lipinski definition) is 2. The Bertz CT molecular complexity index is 187. The molecular formula is C16H35KO4. The molecule has 2 N–H and O–H groups in total. The number of ether oxygens (including phenoxy) is 1. The van der Waals surface area contributed by atoms with Gasteiger partial charge < -0.3 is 14.9 Å². The maximum atomic E-state index is 10.5. The molecule has 0 aromatic rings. The summed E-state index contributed by atoms with van der Waals surface area (Å²) >= 11 is 0. The van der Waals surface area contributed by atoms with Gasteiger partial charge in [0.2, 0.25) is 0 Å². The van der Waals surface area contributed by atoms with Crippen molar-refractivity contribution in [3.63, 3.8) is 0 Å². The Morgan fingerprint density at radius 2 is 1.19 bits per heavy atom. The normalized spacial score (nSPS) is 9.33. The average molecular weight is 331 g/mol. The molecule has 0 spiro atoms. The molecule has 0 amide bonds. The number of carbonyl (C=O) groups excluding carboxylic acids is 1. The van der Waals surface area contributed by atoms with Crippen LogP contribution >= 0.6 is 0 Å². The fraction of sp³-hybridized carbons (Fsp3) is 0.938. The van der Waals surface area contributed by atoms with Gasteiger partial charge in [-0.05, 0) is 6.42 Å². The maximum absolute atomic E-state index is 10.5. The first-order valence-electron chi connectivity index (χ1n) is 8.04. The third kappa shape index (κ3) is 33.7. The number of hydrogen-bond acceptors (Lipinski definition) is 4. The van der Waals surface area contributed by atoms with Gasteiger partial charge in [-0.3, -0.25) is 4.79 Å². The van der Waals surface area contributed by atoms with Crippen LogP contribution in [0.3, 0.4) is 0 Å². The van der Waals surface area contributed by atoms with E-state index < -0.39 is 0 Å². The predicted molar refractivity (Wildman–Crippen MR) is 89.8 cm³/mol. The first-order valence-corrected chi connectivity index (χ1v) is 8.04. The van der Waals surface area contributed by atoms with E-state index in [4.69, 9.17) is 14.9 Å². The number of carbonyl (C=O) groups is 1. The van der Waals surface area contributed by atoms with E-state index in [0.717, 1.165) is 6.42 Å². The van der Waals surface area contributed by atoms with Gasteiger partial charge in [0, 0.05) is 6.92 Å². The van der Waals surface area contributed by atoms with Crippen LogP contribution in [0.5, 0.6) is 0 Å². The zero-order valence-corrected chi connectivity index (χ0v) is 13.4. The van der Waals surface area contributed by atoms with Crippen molar-refractivity contribution >= 4 is 57.4 Å². The summed E-state index contributed by atoms with van der Waals surface area (Å²) in [5, 5.41) is 15.2. The molecule has 4 nitrogen and oxygen atoms in total. The van der Waals surface area contributed by atoms with Crippen LogP contribution in [0, 0.1) is 0 Å². The summed E-state index contributed by atoms with van der Waals surface area (Å²) in [4.78, 5) is 10.5. The van der Waals surface area contributed by atoms with Gasteiger partial charge in [0.15, 0.2) is 0 Å². The van der Waals surface area contributed by atoms with Crippen LogP contribution in [0.25, 0.3) is 0 Å². The van der Waals surface area contributed by atoms with Crippen molar-refractivity contribution in [2.45, 2.75) is 78.1 Å². The first-order chi connectivity index (χ1) is 9.68. The molecule has 0 atom stereocenters. The molecule has 0 aliphatic rings. The molecule has 124 valence electrons. The number of esters is 1. The Hall–Kier alpha value is 1.03. The third-order valence-corrected chi connectivity index (χ3v) is 2.90. The summed E-state index contributed by atoms with van der Waals surface area (Å²) in [7, 11) is 0. The van der Waals surface area contributed by atoms with Crippen molar-refractivity contribution < 1.29 is 19.7 Å². The Balaban J connectivity index is -0.000000572. The summed E-state index contributed by atoms with van der Waals surface area (Å²) < 4.78 is 4.87. The number of aliphatic hydroxyl groups excluding tert-OH is 2. The van der Waals surface area contributed by atoms with Gasteiger partial charge in [0.25, 0.3) is 0 Å². The zero-order chi connectivity index (χ0) is 15.5. The fourth-order valence-electron chi connectivity index (χ4n) is 1.81. The second kappa shape index (κ2) is 26.0. The van der Waals surface area contributed by atoms with E-state index in [2.05, 4.69) is 6.92 Å². The average Bonchev–Trinajstić information content (AvgIpc) is 2.44. The Morgan fingerprint density at radius 3 is 1.52 bits per heavy atom. The molecule has 0 bridgehead atoms.